The van der Waals surface area contributed by atoms with Gasteiger partial charge in [-0.1, -0.05) is 18.2 Å². The normalized spacial score (nSPS) is 14.5. The standard InChI is InChI=1S/C22H27N7O2/c1-14-7-8-15(10-17(14)31-4)20-19-21(23)24-13-25-22(19)29(26-20)16-11-28(12-16)18(30)6-5-9-27(2)3/h5-8,10,13,16H,9,11-12H2,1-4H3,(H2,23,24,25). The molecule has 0 aliphatic carbocycles. The molecule has 1 aliphatic heterocycles. The molecule has 1 aliphatic rings. The fourth-order valence-corrected chi connectivity index (χ4v) is 3.68. The number of aryl methyl sites for hydroxylation is 1. The Bertz CT molecular complexity index is 1150. The Kier molecular flexibility index (Phi) is 5.60. The van der Waals surface area contributed by atoms with Crippen molar-refractivity contribution in [1.82, 2.24) is 29.5 Å². The van der Waals surface area contributed by atoms with E-state index >= 15 is 0 Å². The molecule has 0 bridgehead atoms. The molecule has 31 heavy (non-hydrogen) atoms. The van der Waals surface area contributed by atoms with E-state index in [-0.39, 0.29) is 11.9 Å². The number of carbonyl (C=O) groups excluding carboxylic acids is 1. The van der Waals surface area contributed by atoms with E-state index in [1.807, 2.05) is 54.9 Å². The van der Waals surface area contributed by atoms with E-state index in [1.54, 1.807) is 18.1 Å². The molecule has 3 aromatic rings. The summed E-state index contributed by atoms with van der Waals surface area (Å²) in [5, 5.41) is 5.55. The van der Waals surface area contributed by atoms with Crippen LogP contribution in [0.25, 0.3) is 22.3 Å². The molecule has 9 heteroatoms. The van der Waals surface area contributed by atoms with Crippen molar-refractivity contribution in [2.45, 2.75) is 13.0 Å². The van der Waals surface area contributed by atoms with Gasteiger partial charge in [0.2, 0.25) is 5.91 Å². The summed E-state index contributed by atoms with van der Waals surface area (Å²) < 4.78 is 7.34. The number of nitrogens with two attached hydrogens (primary N) is 1. The lowest BCUT2D eigenvalue weighted by molar-refractivity contribution is -0.131. The highest BCUT2D eigenvalue weighted by Gasteiger charge is 2.34. The summed E-state index contributed by atoms with van der Waals surface area (Å²) in [7, 11) is 5.57. The highest BCUT2D eigenvalue weighted by Crippen LogP contribution is 2.35. The van der Waals surface area contributed by atoms with Crippen molar-refractivity contribution in [3.8, 4) is 17.0 Å². The Labute approximate surface area is 181 Å². The number of fused-ring (bicyclic) bond motifs is 1. The largest absolute Gasteiger partial charge is 0.496 e. The van der Waals surface area contributed by atoms with E-state index in [0.29, 0.717) is 35.6 Å². The van der Waals surface area contributed by atoms with Crippen LogP contribution in [0.1, 0.15) is 11.6 Å². The second-order valence-electron chi connectivity index (χ2n) is 8.00. The van der Waals surface area contributed by atoms with Crippen LogP contribution in [0.3, 0.4) is 0 Å². The number of hydrogen-bond donors (Lipinski definition) is 1. The van der Waals surface area contributed by atoms with Crippen LogP contribution < -0.4 is 10.5 Å². The van der Waals surface area contributed by atoms with E-state index in [0.717, 1.165) is 23.4 Å². The van der Waals surface area contributed by atoms with Crippen LogP contribution in [0.5, 0.6) is 5.75 Å². The van der Waals surface area contributed by atoms with Crippen LogP contribution in [-0.4, -0.2) is 76.3 Å². The molecule has 4 rings (SSSR count). The van der Waals surface area contributed by atoms with Crippen LogP contribution in [0.2, 0.25) is 0 Å². The number of likely N-dealkylation sites (tertiary alicyclic amines) is 1. The molecule has 2 N–H and O–H groups in total. The van der Waals surface area contributed by atoms with Gasteiger partial charge in [0.1, 0.15) is 23.6 Å². The summed E-state index contributed by atoms with van der Waals surface area (Å²) in [6.07, 6.45) is 4.94. The molecule has 9 nitrogen and oxygen atoms in total. The van der Waals surface area contributed by atoms with Crippen LogP contribution >= 0.6 is 0 Å². The lowest BCUT2D eigenvalue weighted by Crippen LogP contribution is -2.50. The number of nitrogens with zero attached hydrogens (tertiary/aromatic N) is 6. The maximum Gasteiger partial charge on any atom is 0.246 e. The van der Waals surface area contributed by atoms with Gasteiger partial charge >= 0.3 is 0 Å². The number of nitrogen functional groups attached to an aromatic ring is 1. The molecule has 0 spiro atoms. The fourth-order valence-electron chi connectivity index (χ4n) is 3.68. The van der Waals surface area contributed by atoms with Crippen molar-refractivity contribution in [2.24, 2.45) is 0 Å². The summed E-state index contributed by atoms with van der Waals surface area (Å²) in [6, 6.07) is 5.95. The summed E-state index contributed by atoms with van der Waals surface area (Å²) in [6.45, 7) is 3.86. The van der Waals surface area contributed by atoms with E-state index in [2.05, 4.69) is 9.97 Å². The van der Waals surface area contributed by atoms with Crippen molar-refractivity contribution < 1.29 is 9.53 Å². The number of carbonyl (C=O) groups is 1. The molecule has 0 radical (unpaired) electrons. The van der Waals surface area contributed by atoms with Crippen LogP contribution in [-0.2, 0) is 4.79 Å². The predicted molar refractivity (Wildman–Crippen MR) is 120 cm³/mol. The van der Waals surface area contributed by atoms with E-state index in [4.69, 9.17) is 15.6 Å². The Morgan fingerprint density at radius 1 is 1.32 bits per heavy atom. The quantitative estimate of drug-likeness (QED) is 0.606. The van der Waals surface area contributed by atoms with E-state index in [9.17, 15) is 4.79 Å². The first-order valence-corrected chi connectivity index (χ1v) is 10.1. The summed E-state index contributed by atoms with van der Waals surface area (Å²) in [5.74, 6) is 1.16. The molecular formula is C22H27N7O2. The molecule has 0 saturated carbocycles. The van der Waals surface area contributed by atoms with Crippen LogP contribution in [0.4, 0.5) is 5.82 Å². The Morgan fingerprint density at radius 3 is 2.81 bits per heavy atom. The molecule has 2 aromatic heterocycles. The number of benzene rings is 1. The zero-order valence-corrected chi connectivity index (χ0v) is 18.2. The van der Waals surface area contributed by atoms with Crippen LogP contribution in [0, 0.1) is 6.92 Å². The van der Waals surface area contributed by atoms with Crippen molar-refractivity contribution in [3.63, 3.8) is 0 Å². The van der Waals surface area contributed by atoms with Gasteiger partial charge in [0, 0.05) is 31.3 Å². The number of likely N-dealkylation sites (N-methyl/N-ethyl adjacent to an activating group) is 1. The minimum Gasteiger partial charge on any atom is -0.496 e. The van der Waals surface area contributed by atoms with Crippen molar-refractivity contribution in [1.29, 1.82) is 0 Å². The second-order valence-corrected chi connectivity index (χ2v) is 8.00. The van der Waals surface area contributed by atoms with Gasteiger partial charge in [-0.05, 0) is 32.6 Å². The molecule has 3 heterocycles. The molecule has 1 aromatic carbocycles. The maximum absolute atomic E-state index is 12.4. The number of anilines is 1. The van der Waals surface area contributed by atoms with Crippen molar-refractivity contribution in [3.05, 3.63) is 42.2 Å². The smallest absolute Gasteiger partial charge is 0.246 e. The van der Waals surface area contributed by atoms with Gasteiger partial charge in [0.25, 0.3) is 0 Å². The maximum atomic E-state index is 12.4. The molecule has 1 amide bonds. The number of amides is 1. The third kappa shape index (κ3) is 3.96. The lowest BCUT2D eigenvalue weighted by Gasteiger charge is -2.38. The summed E-state index contributed by atoms with van der Waals surface area (Å²) in [5.41, 5.74) is 9.51. The first-order chi connectivity index (χ1) is 14.9. The average Bonchev–Trinajstić information content (AvgIpc) is 3.08. The zero-order valence-electron chi connectivity index (χ0n) is 18.2. The first kappa shape index (κ1) is 20.8. The minimum absolute atomic E-state index is 0.00666. The third-order valence-corrected chi connectivity index (χ3v) is 5.45. The third-order valence-electron chi connectivity index (χ3n) is 5.45. The van der Waals surface area contributed by atoms with Gasteiger partial charge in [-0.2, -0.15) is 5.10 Å². The minimum atomic E-state index is 0.00666. The van der Waals surface area contributed by atoms with Crippen LogP contribution in [0.15, 0.2) is 36.7 Å². The van der Waals surface area contributed by atoms with Crippen molar-refractivity contribution in [2.75, 3.05) is 46.6 Å². The van der Waals surface area contributed by atoms with Gasteiger partial charge < -0.3 is 20.3 Å². The topological polar surface area (TPSA) is 102 Å². The molecule has 162 valence electrons. The molecule has 0 unspecified atom stereocenters. The molecule has 1 fully saturated rings. The number of ether oxygens (including phenoxy) is 1. The Hall–Kier alpha value is -3.46. The number of methoxy groups -OCH3 is 1. The van der Waals surface area contributed by atoms with Gasteiger partial charge in [-0.25, -0.2) is 14.6 Å². The Balaban J connectivity index is 1.63. The lowest BCUT2D eigenvalue weighted by atomic mass is 10.1. The average molecular weight is 422 g/mol. The monoisotopic (exact) mass is 421 g/mol. The van der Waals surface area contributed by atoms with E-state index in [1.165, 1.54) is 6.33 Å². The SMILES string of the molecule is COc1cc(-c2nn(C3CN(C(=O)C=CCN(C)C)C3)c3ncnc(N)c23)ccc1C. The molecular weight excluding hydrogens is 394 g/mol. The number of rotatable bonds is 6. The second kappa shape index (κ2) is 8.35. The van der Waals surface area contributed by atoms with Crippen molar-refractivity contribution >= 4 is 22.8 Å². The number of aromatic nitrogens is 4. The zero-order chi connectivity index (χ0) is 22.1. The van der Waals surface area contributed by atoms with Gasteiger partial charge in [-0.15, -0.1) is 0 Å². The predicted octanol–water partition coefficient (Wildman–Crippen LogP) is 1.89. The first-order valence-electron chi connectivity index (χ1n) is 10.1. The summed E-state index contributed by atoms with van der Waals surface area (Å²) >= 11 is 0. The molecule has 1 saturated heterocycles. The summed E-state index contributed by atoms with van der Waals surface area (Å²) in [4.78, 5) is 24.8. The van der Waals surface area contributed by atoms with E-state index < -0.39 is 0 Å². The van der Waals surface area contributed by atoms with Gasteiger partial charge in [0.05, 0.1) is 18.5 Å². The highest BCUT2D eigenvalue weighted by molar-refractivity contribution is 5.98. The van der Waals surface area contributed by atoms with Gasteiger partial charge in [-0.3, -0.25) is 4.79 Å². The Morgan fingerprint density at radius 2 is 2.10 bits per heavy atom. The fraction of sp³-hybridized carbons (Fsp3) is 0.364. The van der Waals surface area contributed by atoms with Gasteiger partial charge in [0.15, 0.2) is 5.65 Å². The molecule has 0 atom stereocenters. The highest BCUT2D eigenvalue weighted by atomic mass is 16.5. The number of hydrogen-bond acceptors (Lipinski definition) is 7.